The summed E-state index contributed by atoms with van der Waals surface area (Å²) < 4.78 is 0. The molecule has 0 aromatic heterocycles. The van der Waals surface area contributed by atoms with Gasteiger partial charge >= 0.3 is 12.0 Å². The maximum atomic E-state index is 11.7. The van der Waals surface area contributed by atoms with E-state index in [1.165, 1.54) is 11.9 Å². The predicted molar refractivity (Wildman–Crippen MR) is 64.1 cm³/mol. The zero-order chi connectivity index (χ0) is 13.7. The molecular weight excluding hydrogens is 238 g/mol. The van der Waals surface area contributed by atoms with E-state index in [1.54, 1.807) is 4.90 Å². The summed E-state index contributed by atoms with van der Waals surface area (Å²) in [7, 11) is 1.53. The molecule has 0 aromatic rings. The van der Waals surface area contributed by atoms with Crippen molar-refractivity contribution in [1.82, 2.24) is 15.1 Å². The summed E-state index contributed by atoms with van der Waals surface area (Å²) in [5.41, 5.74) is 0. The van der Waals surface area contributed by atoms with Crippen LogP contribution in [-0.4, -0.2) is 65.5 Å². The molecule has 1 fully saturated rings. The SMILES string of the molecule is CCN1CC(NC(=O)N(C)CCC(=O)O)CC1=O. The number of carbonyl (C=O) groups excluding carboxylic acids is 2. The van der Waals surface area contributed by atoms with Crippen molar-refractivity contribution >= 4 is 17.9 Å². The van der Waals surface area contributed by atoms with Crippen LogP contribution >= 0.6 is 0 Å². The number of nitrogens with one attached hydrogen (secondary N) is 1. The van der Waals surface area contributed by atoms with Gasteiger partial charge < -0.3 is 20.2 Å². The summed E-state index contributed by atoms with van der Waals surface area (Å²) in [6, 6.07) is -0.524. The molecule has 1 heterocycles. The van der Waals surface area contributed by atoms with Crippen LogP contribution in [-0.2, 0) is 9.59 Å². The van der Waals surface area contributed by atoms with Gasteiger partial charge in [0, 0.05) is 33.1 Å². The van der Waals surface area contributed by atoms with Gasteiger partial charge in [0.1, 0.15) is 0 Å². The third-order valence-corrected chi connectivity index (χ3v) is 2.93. The molecule has 1 atom stereocenters. The van der Waals surface area contributed by atoms with Gasteiger partial charge in [-0.25, -0.2) is 4.79 Å². The smallest absolute Gasteiger partial charge is 0.317 e. The molecule has 7 heteroatoms. The lowest BCUT2D eigenvalue weighted by Gasteiger charge is -2.20. The fourth-order valence-electron chi connectivity index (χ4n) is 1.82. The molecule has 0 radical (unpaired) electrons. The lowest BCUT2D eigenvalue weighted by atomic mass is 10.2. The lowest BCUT2D eigenvalue weighted by Crippen LogP contribution is -2.44. The van der Waals surface area contributed by atoms with E-state index in [-0.39, 0.29) is 30.9 Å². The van der Waals surface area contributed by atoms with Crippen molar-refractivity contribution in [2.45, 2.75) is 25.8 Å². The molecule has 102 valence electrons. The Hall–Kier alpha value is -1.79. The molecule has 0 aliphatic carbocycles. The maximum absolute atomic E-state index is 11.7. The van der Waals surface area contributed by atoms with Crippen LogP contribution in [0.4, 0.5) is 4.79 Å². The minimum Gasteiger partial charge on any atom is -0.481 e. The van der Waals surface area contributed by atoms with Gasteiger partial charge in [-0.05, 0) is 6.92 Å². The average molecular weight is 257 g/mol. The van der Waals surface area contributed by atoms with Crippen molar-refractivity contribution < 1.29 is 19.5 Å². The van der Waals surface area contributed by atoms with Crippen molar-refractivity contribution in [3.8, 4) is 0 Å². The highest BCUT2D eigenvalue weighted by Gasteiger charge is 2.29. The Morgan fingerprint density at radius 3 is 2.72 bits per heavy atom. The molecule has 0 spiro atoms. The number of likely N-dealkylation sites (N-methyl/N-ethyl adjacent to an activating group) is 1. The Bertz CT molecular complexity index is 345. The molecule has 18 heavy (non-hydrogen) atoms. The third-order valence-electron chi connectivity index (χ3n) is 2.93. The second kappa shape index (κ2) is 6.23. The first-order chi connectivity index (χ1) is 8.43. The number of carbonyl (C=O) groups is 3. The van der Waals surface area contributed by atoms with Gasteiger partial charge in [0.15, 0.2) is 0 Å². The Kier molecular flexibility index (Phi) is 4.94. The summed E-state index contributed by atoms with van der Waals surface area (Å²) >= 11 is 0. The molecule has 0 aromatic carbocycles. The van der Waals surface area contributed by atoms with Crippen molar-refractivity contribution in [3.63, 3.8) is 0 Å². The molecule has 3 amide bonds. The normalized spacial score (nSPS) is 18.9. The second-order valence-electron chi connectivity index (χ2n) is 4.35. The highest BCUT2D eigenvalue weighted by atomic mass is 16.4. The number of urea groups is 1. The van der Waals surface area contributed by atoms with Crippen LogP contribution < -0.4 is 5.32 Å². The van der Waals surface area contributed by atoms with Gasteiger partial charge in [-0.2, -0.15) is 0 Å². The van der Waals surface area contributed by atoms with Gasteiger partial charge in [0.2, 0.25) is 5.91 Å². The lowest BCUT2D eigenvalue weighted by molar-refractivity contribution is -0.137. The first kappa shape index (κ1) is 14.3. The van der Waals surface area contributed by atoms with Crippen molar-refractivity contribution in [2.75, 3.05) is 26.7 Å². The van der Waals surface area contributed by atoms with Crippen LogP contribution in [0.5, 0.6) is 0 Å². The quantitative estimate of drug-likeness (QED) is 0.709. The third kappa shape index (κ3) is 3.90. The van der Waals surface area contributed by atoms with Crippen LogP contribution in [0.3, 0.4) is 0 Å². The number of hydrogen-bond acceptors (Lipinski definition) is 3. The maximum Gasteiger partial charge on any atom is 0.317 e. The van der Waals surface area contributed by atoms with E-state index in [1.807, 2.05) is 6.92 Å². The molecule has 0 saturated carbocycles. The number of carboxylic acid groups (broad SMARTS) is 1. The van der Waals surface area contributed by atoms with E-state index >= 15 is 0 Å². The van der Waals surface area contributed by atoms with Gasteiger partial charge in [-0.3, -0.25) is 9.59 Å². The number of aliphatic carboxylic acids is 1. The van der Waals surface area contributed by atoms with E-state index in [4.69, 9.17) is 5.11 Å². The fraction of sp³-hybridized carbons (Fsp3) is 0.727. The number of likely N-dealkylation sites (tertiary alicyclic amines) is 1. The van der Waals surface area contributed by atoms with Crippen LogP contribution in [0.1, 0.15) is 19.8 Å². The molecule has 1 aliphatic rings. The molecule has 1 aliphatic heterocycles. The molecule has 1 saturated heterocycles. The summed E-state index contributed by atoms with van der Waals surface area (Å²) in [6.07, 6.45) is 0.223. The summed E-state index contributed by atoms with van der Waals surface area (Å²) in [5, 5.41) is 11.2. The summed E-state index contributed by atoms with van der Waals surface area (Å²) in [6.45, 7) is 3.20. The Labute approximate surface area is 106 Å². The summed E-state index contributed by atoms with van der Waals surface area (Å²) in [4.78, 5) is 36.6. The number of amides is 3. The number of rotatable bonds is 5. The zero-order valence-electron chi connectivity index (χ0n) is 10.7. The number of carboxylic acids is 1. The van der Waals surface area contributed by atoms with Crippen molar-refractivity contribution in [3.05, 3.63) is 0 Å². The Morgan fingerprint density at radius 2 is 2.22 bits per heavy atom. The van der Waals surface area contributed by atoms with E-state index in [9.17, 15) is 14.4 Å². The zero-order valence-corrected chi connectivity index (χ0v) is 10.7. The fourth-order valence-corrected chi connectivity index (χ4v) is 1.82. The van der Waals surface area contributed by atoms with Crippen molar-refractivity contribution in [2.24, 2.45) is 0 Å². The highest BCUT2D eigenvalue weighted by molar-refractivity contribution is 5.81. The van der Waals surface area contributed by atoms with Gasteiger partial charge in [0.05, 0.1) is 12.5 Å². The van der Waals surface area contributed by atoms with Gasteiger partial charge in [-0.1, -0.05) is 0 Å². The number of nitrogens with zero attached hydrogens (tertiary/aromatic N) is 2. The van der Waals surface area contributed by atoms with Crippen LogP contribution in [0.2, 0.25) is 0 Å². The van der Waals surface area contributed by atoms with E-state index < -0.39 is 5.97 Å². The van der Waals surface area contributed by atoms with E-state index in [2.05, 4.69) is 5.32 Å². The Morgan fingerprint density at radius 1 is 1.56 bits per heavy atom. The first-order valence-electron chi connectivity index (χ1n) is 5.95. The van der Waals surface area contributed by atoms with Gasteiger partial charge in [0.25, 0.3) is 0 Å². The van der Waals surface area contributed by atoms with Crippen LogP contribution in [0.15, 0.2) is 0 Å². The minimum atomic E-state index is -0.942. The van der Waals surface area contributed by atoms with Crippen LogP contribution in [0, 0.1) is 0 Å². The minimum absolute atomic E-state index is 0.0380. The molecule has 1 unspecified atom stereocenters. The molecule has 7 nitrogen and oxygen atoms in total. The van der Waals surface area contributed by atoms with Crippen molar-refractivity contribution in [1.29, 1.82) is 0 Å². The number of hydrogen-bond donors (Lipinski definition) is 2. The standard InChI is InChI=1S/C11H19N3O4/c1-3-14-7-8(6-9(14)15)12-11(18)13(2)5-4-10(16)17/h8H,3-7H2,1-2H3,(H,12,18)(H,16,17). The van der Waals surface area contributed by atoms with Crippen LogP contribution in [0.25, 0.3) is 0 Å². The predicted octanol–water partition coefficient (Wildman–Crippen LogP) is -0.277. The molecular formula is C11H19N3O4. The van der Waals surface area contributed by atoms with E-state index in [0.29, 0.717) is 19.5 Å². The van der Waals surface area contributed by atoms with Gasteiger partial charge in [-0.15, -0.1) is 0 Å². The topological polar surface area (TPSA) is 90.0 Å². The monoisotopic (exact) mass is 257 g/mol. The summed E-state index contributed by atoms with van der Waals surface area (Å²) in [5.74, 6) is -0.904. The largest absolute Gasteiger partial charge is 0.481 e. The average Bonchev–Trinajstić information content (AvgIpc) is 2.66. The second-order valence-corrected chi connectivity index (χ2v) is 4.35. The molecule has 0 bridgehead atoms. The Balaban J connectivity index is 2.36. The molecule has 1 rings (SSSR count). The van der Waals surface area contributed by atoms with E-state index in [0.717, 1.165) is 0 Å². The highest BCUT2D eigenvalue weighted by Crippen LogP contribution is 2.10. The molecule has 2 N–H and O–H groups in total. The first-order valence-corrected chi connectivity index (χ1v) is 5.95.